The summed E-state index contributed by atoms with van der Waals surface area (Å²) in [7, 11) is 0. The van der Waals surface area contributed by atoms with Gasteiger partial charge >= 0.3 is 0 Å². The number of carbonyl (C=O) groups excluding carboxylic acids is 1. The molecule has 0 bridgehead atoms. The minimum absolute atomic E-state index is 0.202. The fraction of sp³-hybridized carbons (Fsp3) is 0.417. The first-order valence-electron chi connectivity index (χ1n) is 5.61. The van der Waals surface area contributed by atoms with E-state index in [1.807, 2.05) is 11.8 Å². The van der Waals surface area contributed by atoms with Crippen LogP contribution in [0.25, 0.3) is 0 Å². The van der Waals surface area contributed by atoms with Gasteiger partial charge in [-0.3, -0.25) is 4.79 Å². The van der Waals surface area contributed by atoms with Crippen LogP contribution < -0.4 is 10.6 Å². The van der Waals surface area contributed by atoms with Crippen LogP contribution in [0.15, 0.2) is 24.3 Å². The number of para-hydroxylation sites is 1. The number of nitrogens with one attached hydrogen (secondary N) is 2. The van der Waals surface area contributed by atoms with Crippen LogP contribution in [0.5, 0.6) is 0 Å². The molecule has 5 heteroatoms. The predicted molar refractivity (Wildman–Crippen MR) is 68.8 cm³/mol. The Morgan fingerprint density at radius 1 is 1.47 bits per heavy atom. The normalized spacial score (nSPS) is 19.2. The molecule has 1 heterocycles. The van der Waals surface area contributed by atoms with E-state index in [9.17, 15) is 9.18 Å². The summed E-state index contributed by atoms with van der Waals surface area (Å²) in [4.78, 5) is 11.6. The molecule has 2 N–H and O–H groups in total. The van der Waals surface area contributed by atoms with Crippen LogP contribution in [0.1, 0.15) is 6.42 Å². The number of hydrogen-bond donors (Lipinski definition) is 2. The smallest absolute Gasteiger partial charge is 0.238 e. The number of carbonyl (C=O) groups is 1. The van der Waals surface area contributed by atoms with E-state index in [0.29, 0.717) is 6.04 Å². The van der Waals surface area contributed by atoms with E-state index in [2.05, 4.69) is 10.6 Å². The molecule has 1 aromatic rings. The molecule has 1 aromatic carbocycles. The molecule has 1 unspecified atom stereocenters. The largest absolute Gasteiger partial charge is 0.322 e. The summed E-state index contributed by atoms with van der Waals surface area (Å²) in [6.07, 6.45) is 1.09. The molecule has 92 valence electrons. The van der Waals surface area contributed by atoms with E-state index in [0.717, 1.165) is 17.9 Å². The van der Waals surface area contributed by atoms with Gasteiger partial charge in [0.15, 0.2) is 0 Å². The monoisotopic (exact) mass is 254 g/mol. The number of rotatable bonds is 4. The topological polar surface area (TPSA) is 41.1 Å². The third kappa shape index (κ3) is 3.71. The molecule has 1 amide bonds. The summed E-state index contributed by atoms with van der Waals surface area (Å²) in [5.74, 6) is 1.59. The van der Waals surface area contributed by atoms with Gasteiger partial charge in [0.25, 0.3) is 0 Å². The van der Waals surface area contributed by atoms with Crippen LogP contribution in [0.2, 0.25) is 0 Å². The molecule has 1 atom stereocenters. The van der Waals surface area contributed by atoms with Gasteiger partial charge in [-0.1, -0.05) is 12.1 Å². The lowest BCUT2D eigenvalue weighted by Gasteiger charge is -2.11. The van der Waals surface area contributed by atoms with Crippen LogP contribution in [-0.2, 0) is 4.79 Å². The third-order valence-corrected chi connectivity index (χ3v) is 3.79. The maximum atomic E-state index is 13.3. The van der Waals surface area contributed by atoms with Gasteiger partial charge in [-0.25, -0.2) is 4.39 Å². The summed E-state index contributed by atoms with van der Waals surface area (Å²) in [6, 6.07) is 6.58. The van der Waals surface area contributed by atoms with E-state index in [1.54, 1.807) is 18.2 Å². The van der Waals surface area contributed by atoms with Crippen molar-refractivity contribution in [2.24, 2.45) is 0 Å². The highest BCUT2D eigenvalue weighted by molar-refractivity contribution is 7.99. The molecular weight excluding hydrogens is 239 g/mol. The maximum absolute atomic E-state index is 13.3. The molecule has 0 spiro atoms. The van der Waals surface area contributed by atoms with Gasteiger partial charge in [0.05, 0.1) is 12.2 Å². The van der Waals surface area contributed by atoms with Crippen LogP contribution in [0.3, 0.4) is 0 Å². The zero-order valence-electron chi connectivity index (χ0n) is 9.41. The second-order valence-electron chi connectivity index (χ2n) is 3.97. The lowest BCUT2D eigenvalue weighted by atomic mass is 10.2. The molecule has 2 rings (SSSR count). The molecule has 3 nitrogen and oxygen atoms in total. The highest BCUT2D eigenvalue weighted by Gasteiger charge is 2.15. The number of amides is 1. The van der Waals surface area contributed by atoms with Crippen LogP contribution in [-0.4, -0.2) is 30.0 Å². The Morgan fingerprint density at radius 3 is 3.00 bits per heavy atom. The zero-order chi connectivity index (χ0) is 12.1. The Labute approximate surface area is 104 Å². The van der Waals surface area contributed by atoms with Gasteiger partial charge in [-0.05, 0) is 24.3 Å². The van der Waals surface area contributed by atoms with Crippen LogP contribution in [0.4, 0.5) is 10.1 Å². The number of hydrogen-bond acceptors (Lipinski definition) is 3. The van der Waals surface area contributed by atoms with E-state index < -0.39 is 5.82 Å². The van der Waals surface area contributed by atoms with Crippen LogP contribution >= 0.6 is 11.8 Å². The molecule has 1 aliphatic rings. The van der Waals surface area contributed by atoms with Gasteiger partial charge in [-0.15, -0.1) is 0 Å². The Balaban J connectivity index is 1.79. The van der Waals surface area contributed by atoms with Crippen molar-refractivity contribution < 1.29 is 9.18 Å². The molecule has 17 heavy (non-hydrogen) atoms. The highest BCUT2D eigenvalue weighted by atomic mass is 32.2. The van der Waals surface area contributed by atoms with Crippen molar-refractivity contribution in [3.63, 3.8) is 0 Å². The molecule has 1 fully saturated rings. The second kappa shape index (κ2) is 6.02. The number of halogens is 1. The zero-order valence-corrected chi connectivity index (χ0v) is 10.2. The van der Waals surface area contributed by atoms with Crippen LogP contribution in [0, 0.1) is 5.82 Å². The average Bonchev–Trinajstić information content (AvgIpc) is 2.82. The summed E-state index contributed by atoms with van der Waals surface area (Å²) >= 11 is 1.89. The van der Waals surface area contributed by atoms with Gasteiger partial charge in [0.1, 0.15) is 5.82 Å². The predicted octanol–water partition coefficient (Wildman–Crippen LogP) is 1.86. The Kier molecular flexibility index (Phi) is 4.39. The fourth-order valence-electron chi connectivity index (χ4n) is 1.69. The number of thioether (sulfide) groups is 1. The molecule has 0 radical (unpaired) electrons. The Hall–Kier alpha value is -1.07. The summed E-state index contributed by atoms with van der Waals surface area (Å²) in [5, 5.41) is 5.72. The number of benzene rings is 1. The lowest BCUT2D eigenvalue weighted by Crippen LogP contribution is -2.36. The third-order valence-electron chi connectivity index (χ3n) is 2.63. The highest BCUT2D eigenvalue weighted by Crippen LogP contribution is 2.17. The standard InChI is InChI=1S/C12H15FN2OS/c13-10-3-1-2-4-11(10)15-12(16)7-14-9-5-6-17-8-9/h1-4,9,14H,5-8H2,(H,15,16). The molecule has 0 saturated carbocycles. The van der Waals surface area contributed by atoms with Gasteiger partial charge in [-0.2, -0.15) is 11.8 Å². The van der Waals surface area contributed by atoms with E-state index in [1.165, 1.54) is 6.07 Å². The maximum Gasteiger partial charge on any atom is 0.238 e. The first-order chi connectivity index (χ1) is 8.25. The molecule has 0 aliphatic carbocycles. The first-order valence-corrected chi connectivity index (χ1v) is 6.76. The second-order valence-corrected chi connectivity index (χ2v) is 5.12. The summed E-state index contributed by atoms with van der Waals surface area (Å²) in [6.45, 7) is 0.236. The van der Waals surface area contributed by atoms with E-state index in [-0.39, 0.29) is 18.1 Å². The fourth-order valence-corrected chi connectivity index (χ4v) is 2.88. The van der Waals surface area contributed by atoms with E-state index >= 15 is 0 Å². The van der Waals surface area contributed by atoms with Crippen molar-refractivity contribution in [3.8, 4) is 0 Å². The van der Waals surface area contributed by atoms with Crippen molar-refractivity contribution >= 4 is 23.4 Å². The molecular formula is C12H15FN2OS. The average molecular weight is 254 g/mol. The lowest BCUT2D eigenvalue weighted by molar-refractivity contribution is -0.115. The summed E-state index contributed by atoms with van der Waals surface area (Å²) in [5.41, 5.74) is 0.236. The molecule has 1 saturated heterocycles. The minimum atomic E-state index is -0.405. The summed E-state index contributed by atoms with van der Waals surface area (Å²) < 4.78 is 13.3. The van der Waals surface area contributed by atoms with Crippen molar-refractivity contribution in [2.45, 2.75) is 12.5 Å². The van der Waals surface area contributed by atoms with Crippen molar-refractivity contribution in [1.29, 1.82) is 0 Å². The van der Waals surface area contributed by atoms with Gasteiger partial charge in [0, 0.05) is 11.8 Å². The first kappa shape index (κ1) is 12.4. The van der Waals surface area contributed by atoms with Crippen molar-refractivity contribution in [3.05, 3.63) is 30.1 Å². The van der Waals surface area contributed by atoms with Crippen molar-refractivity contribution in [1.82, 2.24) is 5.32 Å². The molecule has 1 aliphatic heterocycles. The number of anilines is 1. The van der Waals surface area contributed by atoms with Crippen molar-refractivity contribution in [2.75, 3.05) is 23.4 Å². The van der Waals surface area contributed by atoms with Gasteiger partial charge < -0.3 is 10.6 Å². The molecule has 0 aromatic heterocycles. The Morgan fingerprint density at radius 2 is 2.29 bits per heavy atom. The van der Waals surface area contributed by atoms with Gasteiger partial charge in [0.2, 0.25) is 5.91 Å². The SMILES string of the molecule is O=C(CNC1CCSC1)Nc1ccccc1F. The quantitative estimate of drug-likeness (QED) is 0.861. The minimum Gasteiger partial charge on any atom is -0.322 e. The van der Waals surface area contributed by atoms with E-state index in [4.69, 9.17) is 0 Å². The Bertz CT molecular complexity index is 394.